The Morgan fingerprint density at radius 2 is 1.05 bits per heavy atom. The number of nitrogen functional groups attached to an aromatic ring is 2. The summed E-state index contributed by atoms with van der Waals surface area (Å²) in [7, 11) is 0. The number of rotatable bonds is 8. The Labute approximate surface area is 244 Å². The molecule has 224 valence electrons. The fourth-order valence-corrected chi connectivity index (χ4v) is 7.19. The molecule has 6 nitrogen and oxygen atoms in total. The lowest BCUT2D eigenvalue weighted by Crippen LogP contribution is -2.35. The molecule has 0 radical (unpaired) electrons. The quantitative estimate of drug-likeness (QED) is 0.245. The highest BCUT2D eigenvalue weighted by Crippen LogP contribution is 2.41. The van der Waals surface area contributed by atoms with Gasteiger partial charge in [-0.2, -0.15) is 0 Å². The Morgan fingerprint density at radius 1 is 0.675 bits per heavy atom. The molecule has 0 heterocycles. The first kappa shape index (κ1) is 31.8. The number of nitrogens with one attached hydrogen (secondary N) is 2. The van der Waals surface area contributed by atoms with Crippen molar-refractivity contribution in [1.29, 1.82) is 0 Å². The van der Waals surface area contributed by atoms with Gasteiger partial charge >= 0.3 is 0 Å². The molecule has 0 spiro atoms. The molecule has 2 aliphatic rings. The number of ether oxygens (including phenoxy) is 2. The van der Waals surface area contributed by atoms with Gasteiger partial charge in [-0.05, 0) is 99.3 Å². The number of nitrogens with two attached hydrogens (primary N) is 2. The van der Waals surface area contributed by atoms with E-state index in [0.29, 0.717) is 36.1 Å². The molecule has 2 aromatic rings. The summed E-state index contributed by atoms with van der Waals surface area (Å²) >= 11 is 0. The standard InChI is InChI=1S/2C17H28N2O/c2*1-5-20-14-6-7-15(18)16(9-14)19-13-8-12(2)10-17(3,4)11-13/h2*6-7,9,12-13,19H,5,8,10-11,18H2,1-4H3/t2*12-,13+/m10/s1. The van der Waals surface area contributed by atoms with Crippen LogP contribution in [0, 0.1) is 22.7 Å². The molecule has 0 aliphatic heterocycles. The van der Waals surface area contributed by atoms with Gasteiger partial charge in [0.25, 0.3) is 0 Å². The molecule has 0 aromatic heterocycles. The average molecular weight is 553 g/mol. The Kier molecular flexibility index (Phi) is 10.9. The summed E-state index contributed by atoms with van der Waals surface area (Å²) in [5.74, 6) is 3.28. The topological polar surface area (TPSA) is 94.6 Å². The summed E-state index contributed by atoms with van der Waals surface area (Å²) < 4.78 is 11.1. The van der Waals surface area contributed by atoms with E-state index in [9.17, 15) is 0 Å². The average Bonchev–Trinajstić information content (AvgIpc) is 2.81. The van der Waals surface area contributed by atoms with Crippen molar-refractivity contribution in [3.63, 3.8) is 0 Å². The van der Waals surface area contributed by atoms with E-state index >= 15 is 0 Å². The molecule has 6 N–H and O–H groups in total. The summed E-state index contributed by atoms with van der Waals surface area (Å²) in [4.78, 5) is 0. The molecule has 4 atom stereocenters. The summed E-state index contributed by atoms with van der Waals surface area (Å²) in [5, 5.41) is 7.26. The Bertz CT molecular complexity index is 998. The van der Waals surface area contributed by atoms with Crippen molar-refractivity contribution in [1.82, 2.24) is 0 Å². The summed E-state index contributed by atoms with van der Waals surface area (Å²) in [6, 6.07) is 12.7. The maximum absolute atomic E-state index is 6.09. The molecule has 4 rings (SSSR count). The maximum atomic E-state index is 6.09. The van der Waals surface area contributed by atoms with E-state index in [2.05, 4.69) is 52.2 Å². The van der Waals surface area contributed by atoms with E-state index in [1.165, 1.54) is 38.5 Å². The molecule has 0 amide bonds. The molecule has 0 bridgehead atoms. The van der Waals surface area contributed by atoms with Crippen molar-refractivity contribution in [2.45, 2.75) is 106 Å². The van der Waals surface area contributed by atoms with Crippen molar-refractivity contribution in [3.8, 4) is 11.5 Å². The monoisotopic (exact) mass is 552 g/mol. The molecule has 0 unspecified atom stereocenters. The van der Waals surface area contributed by atoms with Crippen LogP contribution in [0.4, 0.5) is 22.7 Å². The third-order valence-electron chi connectivity index (χ3n) is 8.16. The van der Waals surface area contributed by atoms with Gasteiger partial charge < -0.3 is 31.6 Å². The molecular weight excluding hydrogens is 496 g/mol. The van der Waals surface area contributed by atoms with Crippen LogP contribution in [-0.2, 0) is 0 Å². The second-order valence-corrected chi connectivity index (χ2v) is 13.9. The van der Waals surface area contributed by atoms with Gasteiger partial charge in [0.15, 0.2) is 0 Å². The minimum Gasteiger partial charge on any atom is -0.494 e. The SMILES string of the molecule is CCOc1ccc(N)c(N[C@@H]2C[C@H](C)CC(C)(C)C2)c1.CCOc1ccc(N)c(N[C@H]2C[C@@H](C)CC(C)(C)C2)c1. The van der Waals surface area contributed by atoms with E-state index in [1.807, 2.05) is 50.2 Å². The Morgan fingerprint density at radius 3 is 1.38 bits per heavy atom. The van der Waals surface area contributed by atoms with Gasteiger partial charge in [0.1, 0.15) is 11.5 Å². The third-order valence-corrected chi connectivity index (χ3v) is 8.16. The summed E-state index contributed by atoms with van der Waals surface area (Å²) in [6.45, 7) is 19.5. The predicted octanol–water partition coefficient (Wildman–Crippen LogP) is 8.59. The van der Waals surface area contributed by atoms with Crippen LogP contribution in [0.25, 0.3) is 0 Å². The van der Waals surface area contributed by atoms with Crippen LogP contribution >= 0.6 is 0 Å². The Balaban J connectivity index is 0.000000220. The van der Waals surface area contributed by atoms with E-state index in [4.69, 9.17) is 20.9 Å². The van der Waals surface area contributed by atoms with Crippen molar-refractivity contribution >= 4 is 22.7 Å². The molecule has 2 saturated carbocycles. The molecule has 2 aromatic carbocycles. The number of hydrogen-bond acceptors (Lipinski definition) is 6. The third kappa shape index (κ3) is 9.71. The first-order valence-electron chi connectivity index (χ1n) is 15.4. The van der Waals surface area contributed by atoms with Crippen molar-refractivity contribution in [2.24, 2.45) is 22.7 Å². The second kappa shape index (κ2) is 13.7. The van der Waals surface area contributed by atoms with E-state index in [0.717, 1.165) is 46.1 Å². The van der Waals surface area contributed by atoms with Gasteiger partial charge in [-0.25, -0.2) is 0 Å². The van der Waals surface area contributed by atoms with Crippen LogP contribution in [0.2, 0.25) is 0 Å². The van der Waals surface area contributed by atoms with E-state index in [1.54, 1.807) is 0 Å². The minimum absolute atomic E-state index is 0.404. The lowest BCUT2D eigenvalue weighted by molar-refractivity contribution is 0.177. The van der Waals surface area contributed by atoms with Gasteiger partial charge in [-0.15, -0.1) is 0 Å². The van der Waals surface area contributed by atoms with Crippen molar-refractivity contribution in [2.75, 3.05) is 35.3 Å². The van der Waals surface area contributed by atoms with Gasteiger partial charge in [-0.1, -0.05) is 41.5 Å². The molecular formula is C34H56N4O2. The lowest BCUT2D eigenvalue weighted by atomic mass is 9.70. The normalized spacial score (nSPS) is 25.2. The zero-order chi connectivity index (χ0) is 29.5. The molecule has 40 heavy (non-hydrogen) atoms. The zero-order valence-electron chi connectivity index (χ0n) is 26.4. The number of anilines is 4. The Hall–Kier alpha value is -2.76. The van der Waals surface area contributed by atoms with Crippen LogP contribution in [0.3, 0.4) is 0 Å². The predicted molar refractivity (Wildman–Crippen MR) is 172 cm³/mol. The first-order valence-corrected chi connectivity index (χ1v) is 15.4. The fourth-order valence-electron chi connectivity index (χ4n) is 7.19. The largest absolute Gasteiger partial charge is 0.494 e. The van der Waals surface area contributed by atoms with Gasteiger partial charge in [0, 0.05) is 24.2 Å². The van der Waals surface area contributed by atoms with Crippen LogP contribution in [0.15, 0.2) is 36.4 Å². The van der Waals surface area contributed by atoms with Crippen LogP contribution in [0.1, 0.15) is 93.9 Å². The molecule has 6 heteroatoms. The smallest absolute Gasteiger partial charge is 0.121 e. The number of hydrogen-bond donors (Lipinski definition) is 4. The maximum Gasteiger partial charge on any atom is 0.121 e. The first-order chi connectivity index (χ1) is 18.8. The second-order valence-electron chi connectivity index (χ2n) is 13.9. The van der Waals surface area contributed by atoms with Crippen molar-refractivity contribution < 1.29 is 9.47 Å². The highest BCUT2D eigenvalue weighted by atomic mass is 16.5. The van der Waals surface area contributed by atoms with E-state index in [-0.39, 0.29) is 0 Å². The minimum atomic E-state index is 0.404. The van der Waals surface area contributed by atoms with Crippen LogP contribution < -0.4 is 31.6 Å². The summed E-state index contributed by atoms with van der Waals surface area (Å²) in [6.07, 6.45) is 7.41. The number of benzene rings is 2. The molecule has 2 aliphatic carbocycles. The van der Waals surface area contributed by atoms with Crippen LogP contribution in [0.5, 0.6) is 11.5 Å². The van der Waals surface area contributed by atoms with Crippen molar-refractivity contribution in [3.05, 3.63) is 36.4 Å². The van der Waals surface area contributed by atoms with Gasteiger partial charge in [0.05, 0.1) is 36.0 Å². The van der Waals surface area contributed by atoms with Crippen LogP contribution in [-0.4, -0.2) is 25.3 Å². The van der Waals surface area contributed by atoms with Gasteiger partial charge in [0.2, 0.25) is 0 Å². The molecule has 2 fully saturated rings. The summed E-state index contributed by atoms with van der Waals surface area (Å²) in [5.41, 5.74) is 16.6. The highest BCUT2D eigenvalue weighted by Gasteiger charge is 2.33. The lowest BCUT2D eigenvalue weighted by Gasteiger charge is -2.39. The fraction of sp³-hybridized carbons (Fsp3) is 0.647. The highest BCUT2D eigenvalue weighted by molar-refractivity contribution is 5.69. The molecule has 0 saturated heterocycles. The zero-order valence-corrected chi connectivity index (χ0v) is 26.4. The van der Waals surface area contributed by atoms with Gasteiger partial charge in [-0.3, -0.25) is 0 Å². The van der Waals surface area contributed by atoms with E-state index < -0.39 is 0 Å².